The maximum Gasteiger partial charge on any atom is 0.354 e. The average molecular weight is 340 g/mol. The van der Waals surface area contributed by atoms with Crippen molar-refractivity contribution in [1.29, 1.82) is 0 Å². The minimum Gasteiger partial charge on any atom is -0.493 e. The Labute approximate surface area is 146 Å². The third-order valence-electron chi connectivity index (χ3n) is 4.32. The van der Waals surface area contributed by atoms with Crippen LogP contribution in [0.25, 0.3) is 0 Å². The van der Waals surface area contributed by atoms with Crippen LogP contribution >= 0.6 is 0 Å². The number of amides is 1. The normalized spacial score (nSPS) is 15.0. The van der Waals surface area contributed by atoms with Gasteiger partial charge in [-0.25, -0.2) is 9.78 Å². The number of hydrogen-bond acceptors (Lipinski definition) is 4. The van der Waals surface area contributed by atoms with Gasteiger partial charge in [0.25, 0.3) is 5.91 Å². The molecular formula is C19H20N2O4. The number of likely N-dealkylation sites (tertiary alicyclic amines) is 1. The van der Waals surface area contributed by atoms with Gasteiger partial charge in [-0.3, -0.25) is 4.79 Å². The zero-order valence-electron chi connectivity index (χ0n) is 13.8. The molecule has 0 unspecified atom stereocenters. The molecule has 130 valence electrons. The average Bonchev–Trinajstić information content (AvgIpc) is 2.67. The van der Waals surface area contributed by atoms with E-state index < -0.39 is 5.97 Å². The number of benzene rings is 1. The monoisotopic (exact) mass is 340 g/mol. The molecule has 6 heteroatoms. The van der Waals surface area contributed by atoms with Crippen molar-refractivity contribution in [2.75, 3.05) is 19.7 Å². The van der Waals surface area contributed by atoms with Gasteiger partial charge in [0, 0.05) is 13.1 Å². The van der Waals surface area contributed by atoms with Crippen molar-refractivity contribution in [3.63, 3.8) is 0 Å². The van der Waals surface area contributed by atoms with Crippen molar-refractivity contribution >= 4 is 11.9 Å². The number of carbonyl (C=O) groups excluding carboxylic acids is 1. The maximum atomic E-state index is 12.5. The van der Waals surface area contributed by atoms with E-state index in [-0.39, 0.29) is 17.3 Å². The highest BCUT2D eigenvalue weighted by atomic mass is 16.5. The van der Waals surface area contributed by atoms with Gasteiger partial charge in [-0.1, -0.05) is 24.3 Å². The molecule has 1 N–H and O–H groups in total. The number of para-hydroxylation sites is 1. The van der Waals surface area contributed by atoms with Gasteiger partial charge in [0.2, 0.25) is 0 Å². The summed E-state index contributed by atoms with van der Waals surface area (Å²) in [6, 6.07) is 14.2. The molecule has 1 aromatic heterocycles. The Morgan fingerprint density at radius 1 is 1.04 bits per heavy atom. The zero-order valence-corrected chi connectivity index (χ0v) is 13.8. The van der Waals surface area contributed by atoms with E-state index in [1.165, 1.54) is 6.07 Å². The van der Waals surface area contributed by atoms with E-state index in [2.05, 4.69) is 4.98 Å². The molecule has 0 spiro atoms. The summed E-state index contributed by atoms with van der Waals surface area (Å²) >= 11 is 0. The zero-order chi connectivity index (χ0) is 17.6. The second-order valence-electron chi connectivity index (χ2n) is 6.07. The lowest BCUT2D eigenvalue weighted by atomic mass is 9.97. The summed E-state index contributed by atoms with van der Waals surface area (Å²) in [5, 5.41) is 8.99. The van der Waals surface area contributed by atoms with Gasteiger partial charge in [0.05, 0.1) is 6.61 Å². The van der Waals surface area contributed by atoms with E-state index >= 15 is 0 Å². The Balaban J connectivity index is 1.52. The molecule has 2 aromatic rings. The van der Waals surface area contributed by atoms with Crippen LogP contribution in [0.2, 0.25) is 0 Å². The predicted octanol–water partition coefficient (Wildman–Crippen LogP) is 2.71. The lowest BCUT2D eigenvalue weighted by Crippen LogP contribution is -2.40. The Kier molecular flexibility index (Phi) is 5.28. The minimum absolute atomic E-state index is 0.114. The van der Waals surface area contributed by atoms with Crippen molar-refractivity contribution in [2.24, 2.45) is 5.92 Å². The van der Waals surface area contributed by atoms with E-state index in [0.29, 0.717) is 25.6 Å². The fraction of sp³-hybridized carbons (Fsp3) is 0.316. The highest BCUT2D eigenvalue weighted by Crippen LogP contribution is 2.20. The molecule has 0 aliphatic carbocycles. The summed E-state index contributed by atoms with van der Waals surface area (Å²) in [7, 11) is 0. The quantitative estimate of drug-likeness (QED) is 0.905. The third kappa shape index (κ3) is 4.35. The van der Waals surface area contributed by atoms with Gasteiger partial charge >= 0.3 is 5.97 Å². The van der Waals surface area contributed by atoms with E-state index in [1.807, 2.05) is 30.3 Å². The van der Waals surface area contributed by atoms with Crippen LogP contribution in [0.3, 0.4) is 0 Å². The highest BCUT2D eigenvalue weighted by molar-refractivity contribution is 5.94. The number of aromatic carboxylic acids is 1. The first-order chi connectivity index (χ1) is 12.1. The first-order valence-corrected chi connectivity index (χ1v) is 8.31. The smallest absolute Gasteiger partial charge is 0.354 e. The number of carbonyl (C=O) groups is 2. The van der Waals surface area contributed by atoms with E-state index in [0.717, 1.165) is 18.6 Å². The summed E-state index contributed by atoms with van der Waals surface area (Å²) in [4.78, 5) is 29.1. The summed E-state index contributed by atoms with van der Waals surface area (Å²) in [5.41, 5.74) is 0.0656. The van der Waals surface area contributed by atoms with Gasteiger partial charge in [-0.15, -0.1) is 0 Å². The third-order valence-corrected chi connectivity index (χ3v) is 4.32. The molecule has 3 rings (SSSR count). The summed E-state index contributed by atoms with van der Waals surface area (Å²) < 4.78 is 5.79. The minimum atomic E-state index is -1.13. The van der Waals surface area contributed by atoms with Crippen LogP contribution in [0, 0.1) is 5.92 Å². The van der Waals surface area contributed by atoms with Gasteiger partial charge in [0.15, 0.2) is 0 Å². The number of rotatable bonds is 5. The molecule has 1 aliphatic rings. The van der Waals surface area contributed by atoms with Crippen LogP contribution < -0.4 is 4.74 Å². The molecule has 1 aliphatic heterocycles. The summed E-state index contributed by atoms with van der Waals surface area (Å²) in [5.74, 6) is -0.0878. The summed E-state index contributed by atoms with van der Waals surface area (Å²) in [6.45, 7) is 1.89. The number of ether oxygens (including phenoxy) is 1. The van der Waals surface area contributed by atoms with E-state index in [9.17, 15) is 9.59 Å². The molecule has 1 amide bonds. The number of carboxylic acids is 1. The maximum absolute atomic E-state index is 12.5. The van der Waals surface area contributed by atoms with Gasteiger partial charge < -0.3 is 14.7 Å². The highest BCUT2D eigenvalue weighted by Gasteiger charge is 2.25. The first-order valence-electron chi connectivity index (χ1n) is 8.31. The second kappa shape index (κ2) is 7.79. The van der Waals surface area contributed by atoms with Gasteiger partial charge in [0.1, 0.15) is 17.1 Å². The number of piperidine rings is 1. The van der Waals surface area contributed by atoms with Crippen molar-refractivity contribution in [3.05, 3.63) is 59.9 Å². The van der Waals surface area contributed by atoms with Crippen LogP contribution in [0.1, 0.15) is 33.8 Å². The van der Waals surface area contributed by atoms with Crippen molar-refractivity contribution in [3.8, 4) is 5.75 Å². The fourth-order valence-corrected chi connectivity index (χ4v) is 2.87. The molecule has 6 nitrogen and oxygen atoms in total. The molecule has 1 saturated heterocycles. The molecule has 2 heterocycles. The topological polar surface area (TPSA) is 79.7 Å². The van der Waals surface area contributed by atoms with Crippen molar-refractivity contribution in [2.45, 2.75) is 12.8 Å². The molecule has 1 fully saturated rings. The Hall–Kier alpha value is -2.89. The number of aromatic nitrogens is 1. The molecule has 25 heavy (non-hydrogen) atoms. The molecule has 0 atom stereocenters. The standard InChI is InChI=1S/C19H20N2O4/c22-18(16-7-4-8-17(20-16)19(23)24)21-11-9-14(10-12-21)13-25-15-5-2-1-3-6-15/h1-8,14H,9-13H2,(H,23,24). The number of pyridine rings is 1. The van der Waals surface area contributed by atoms with Crippen LogP contribution in [0.4, 0.5) is 0 Å². The van der Waals surface area contributed by atoms with Gasteiger partial charge in [-0.2, -0.15) is 0 Å². The molecule has 1 aromatic carbocycles. The van der Waals surface area contributed by atoms with Crippen LogP contribution in [-0.4, -0.2) is 46.6 Å². The van der Waals surface area contributed by atoms with E-state index in [1.54, 1.807) is 17.0 Å². The lowest BCUT2D eigenvalue weighted by molar-refractivity contribution is 0.0654. The van der Waals surface area contributed by atoms with Crippen LogP contribution in [0.15, 0.2) is 48.5 Å². The lowest BCUT2D eigenvalue weighted by Gasteiger charge is -2.31. The Morgan fingerprint density at radius 2 is 1.72 bits per heavy atom. The van der Waals surface area contributed by atoms with Crippen LogP contribution in [0.5, 0.6) is 5.75 Å². The van der Waals surface area contributed by atoms with E-state index in [4.69, 9.17) is 9.84 Å². The first kappa shape index (κ1) is 17.0. The second-order valence-corrected chi connectivity index (χ2v) is 6.07. The predicted molar refractivity (Wildman–Crippen MR) is 91.8 cm³/mol. The van der Waals surface area contributed by atoms with Crippen molar-refractivity contribution < 1.29 is 19.4 Å². The number of hydrogen-bond donors (Lipinski definition) is 1. The SMILES string of the molecule is O=C(O)c1cccc(C(=O)N2CCC(COc3ccccc3)CC2)n1. The van der Waals surface area contributed by atoms with Crippen LogP contribution in [-0.2, 0) is 0 Å². The summed E-state index contributed by atoms with van der Waals surface area (Å²) in [6.07, 6.45) is 1.72. The number of carboxylic acid groups (broad SMARTS) is 1. The fourth-order valence-electron chi connectivity index (χ4n) is 2.87. The number of nitrogens with zero attached hydrogens (tertiary/aromatic N) is 2. The molecule has 0 radical (unpaired) electrons. The molecule has 0 saturated carbocycles. The van der Waals surface area contributed by atoms with Crippen molar-refractivity contribution in [1.82, 2.24) is 9.88 Å². The molecular weight excluding hydrogens is 320 g/mol. The Bertz CT molecular complexity index is 740. The molecule has 0 bridgehead atoms. The van der Waals surface area contributed by atoms with Gasteiger partial charge in [-0.05, 0) is 43.0 Å². The Morgan fingerprint density at radius 3 is 2.40 bits per heavy atom. The largest absolute Gasteiger partial charge is 0.493 e.